The fourth-order valence-corrected chi connectivity index (χ4v) is 2.62. The summed E-state index contributed by atoms with van der Waals surface area (Å²) in [6.45, 7) is 2.50. The predicted octanol–water partition coefficient (Wildman–Crippen LogP) is 4.71. The average molecular weight is 425 g/mol. The number of halogens is 2. The Balaban J connectivity index is 1.86. The monoisotopic (exact) mass is 424 g/mol. The van der Waals surface area contributed by atoms with Crippen LogP contribution >= 0.6 is 23.2 Å². The summed E-state index contributed by atoms with van der Waals surface area (Å²) >= 11 is 11.8. The van der Waals surface area contributed by atoms with E-state index >= 15 is 0 Å². The number of hydrogen-bond donors (Lipinski definition) is 1. The molecule has 0 atom stereocenters. The molecule has 2 rings (SSSR count). The van der Waals surface area contributed by atoms with Crippen LogP contribution in [0.2, 0.25) is 10.0 Å². The Labute approximate surface area is 174 Å². The van der Waals surface area contributed by atoms with E-state index in [0.717, 1.165) is 18.4 Å². The van der Waals surface area contributed by atoms with Gasteiger partial charge in [0, 0.05) is 5.02 Å². The first-order valence-electron chi connectivity index (χ1n) is 8.74. The van der Waals surface area contributed by atoms with E-state index in [2.05, 4.69) is 17.5 Å². The van der Waals surface area contributed by atoms with Crippen molar-refractivity contribution < 1.29 is 19.0 Å². The maximum atomic E-state index is 11.8. The summed E-state index contributed by atoms with van der Waals surface area (Å²) in [7, 11) is 1.57. The van der Waals surface area contributed by atoms with E-state index in [0.29, 0.717) is 33.9 Å². The van der Waals surface area contributed by atoms with Gasteiger partial charge in [0.05, 0.1) is 25.0 Å². The molecule has 0 spiro atoms. The topological polar surface area (TPSA) is 69.2 Å². The predicted molar refractivity (Wildman–Crippen MR) is 111 cm³/mol. The molecule has 150 valence electrons. The third-order valence-corrected chi connectivity index (χ3v) is 4.13. The summed E-state index contributed by atoms with van der Waals surface area (Å²) in [5, 5.41) is 4.74. The van der Waals surface area contributed by atoms with Crippen LogP contribution in [0.3, 0.4) is 0 Å². The van der Waals surface area contributed by atoms with Crippen molar-refractivity contribution in [1.82, 2.24) is 5.43 Å². The Morgan fingerprint density at radius 2 is 1.89 bits per heavy atom. The van der Waals surface area contributed by atoms with Crippen molar-refractivity contribution in [2.75, 3.05) is 20.3 Å². The van der Waals surface area contributed by atoms with E-state index in [1.807, 2.05) is 12.1 Å². The lowest BCUT2D eigenvalue weighted by molar-refractivity contribution is -0.123. The third-order valence-electron chi connectivity index (χ3n) is 3.60. The van der Waals surface area contributed by atoms with Crippen molar-refractivity contribution in [3.8, 4) is 17.2 Å². The van der Waals surface area contributed by atoms with Gasteiger partial charge in [0.2, 0.25) is 0 Å². The average Bonchev–Trinajstić information content (AvgIpc) is 2.68. The van der Waals surface area contributed by atoms with Gasteiger partial charge in [0.1, 0.15) is 5.75 Å². The fourth-order valence-electron chi connectivity index (χ4n) is 2.16. The maximum absolute atomic E-state index is 11.8. The first-order chi connectivity index (χ1) is 13.5. The molecule has 0 aromatic heterocycles. The Morgan fingerprint density at radius 3 is 2.61 bits per heavy atom. The first-order valence-corrected chi connectivity index (χ1v) is 9.49. The van der Waals surface area contributed by atoms with E-state index in [-0.39, 0.29) is 6.61 Å². The van der Waals surface area contributed by atoms with Gasteiger partial charge in [0.25, 0.3) is 5.91 Å². The van der Waals surface area contributed by atoms with Gasteiger partial charge < -0.3 is 14.2 Å². The van der Waals surface area contributed by atoms with Crippen molar-refractivity contribution in [3.63, 3.8) is 0 Å². The summed E-state index contributed by atoms with van der Waals surface area (Å²) in [5.41, 5.74) is 3.14. The largest absolute Gasteiger partial charge is 0.493 e. The number of nitrogens with one attached hydrogen (secondary N) is 1. The highest BCUT2D eigenvalue weighted by atomic mass is 35.5. The van der Waals surface area contributed by atoms with Gasteiger partial charge in [-0.25, -0.2) is 5.43 Å². The zero-order valence-electron chi connectivity index (χ0n) is 15.7. The molecule has 0 aliphatic carbocycles. The summed E-state index contributed by atoms with van der Waals surface area (Å²) in [6, 6.07) is 10.2. The van der Waals surface area contributed by atoms with Crippen LogP contribution in [-0.2, 0) is 4.79 Å². The third kappa shape index (κ3) is 6.94. The van der Waals surface area contributed by atoms with Crippen LogP contribution in [-0.4, -0.2) is 32.4 Å². The summed E-state index contributed by atoms with van der Waals surface area (Å²) < 4.78 is 16.4. The van der Waals surface area contributed by atoms with Crippen LogP contribution in [0.25, 0.3) is 0 Å². The molecule has 0 saturated carbocycles. The van der Waals surface area contributed by atoms with Gasteiger partial charge in [0.15, 0.2) is 18.1 Å². The number of amides is 1. The van der Waals surface area contributed by atoms with Crippen LogP contribution in [0.1, 0.15) is 25.3 Å². The molecule has 1 N–H and O–H groups in total. The van der Waals surface area contributed by atoms with Crippen molar-refractivity contribution in [3.05, 3.63) is 52.0 Å². The summed E-state index contributed by atoms with van der Waals surface area (Å²) in [4.78, 5) is 11.8. The van der Waals surface area contributed by atoms with Gasteiger partial charge >= 0.3 is 0 Å². The quantitative estimate of drug-likeness (QED) is 0.340. The van der Waals surface area contributed by atoms with Crippen LogP contribution < -0.4 is 19.6 Å². The molecule has 0 saturated heterocycles. The van der Waals surface area contributed by atoms with Crippen molar-refractivity contribution >= 4 is 35.3 Å². The summed E-state index contributed by atoms with van der Waals surface area (Å²) in [5.74, 6) is 1.22. The molecule has 0 aliphatic heterocycles. The lowest BCUT2D eigenvalue weighted by atomic mass is 10.2. The second kappa shape index (κ2) is 11.4. The SMILES string of the molecule is CCCCOc1ccc(/C=N/NC(=O)COc2ccc(Cl)cc2Cl)cc1OC. The Morgan fingerprint density at radius 1 is 1.11 bits per heavy atom. The number of benzene rings is 2. The molecule has 0 radical (unpaired) electrons. The van der Waals surface area contributed by atoms with Gasteiger partial charge in [-0.05, 0) is 48.4 Å². The minimum absolute atomic E-state index is 0.230. The number of carbonyl (C=O) groups is 1. The molecule has 2 aromatic carbocycles. The highest BCUT2D eigenvalue weighted by Gasteiger charge is 2.07. The number of nitrogens with zero attached hydrogens (tertiary/aromatic N) is 1. The van der Waals surface area contributed by atoms with Crippen LogP contribution in [0.15, 0.2) is 41.5 Å². The van der Waals surface area contributed by atoms with E-state index in [1.54, 1.807) is 25.3 Å². The number of unbranched alkanes of at least 4 members (excludes halogenated alkanes) is 1. The van der Waals surface area contributed by atoms with Gasteiger partial charge in [-0.15, -0.1) is 0 Å². The lowest BCUT2D eigenvalue weighted by Crippen LogP contribution is -2.24. The molecular weight excluding hydrogens is 403 g/mol. The number of carbonyl (C=O) groups excluding carboxylic acids is 1. The molecule has 0 fully saturated rings. The number of hydrazone groups is 1. The fraction of sp³-hybridized carbons (Fsp3) is 0.300. The molecule has 1 amide bonds. The molecular formula is C20H22Cl2N2O4. The molecule has 0 heterocycles. The van der Waals surface area contributed by atoms with Crippen molar-refractivity contribution in [2.24, 2.45) is 5.10 Å². The maximum Gasteiger partial charge on any atom is 0.277 e. The highest BCUT2D eigenvalue weighted by Crippen LogP contribution is 2.28. The van der Waals surface area contributed by atoms with E-state index in [4.69, 9.17) is 37.4 Å². The van der Waals surface area contributed by atoms with E-state index in [1.165, 1.54) is 12.3 Å². The number of hydrogen-bond acceptors (Lipinski definition) is 5. The molecule has 6 nitrogen and oxygen atoms in total. The van der Waals surface area contributed by atoms with Crippen molar-refractivity contribution in [2.45, 2.75) is 19.8 Å². The van der Waals surface area contributed by atoms with Crippen LogP contribution in [0.4, 0.5) is 0 Å². The minimum atomic E-state index is -0.422. The normalized spacial score (nSPS) is 10.7. The smallest absolute Gasteiger partial charge is 0.277 e. The van der Waals surface area contributed by atoms with E-state index < -0.39 is 5.91 Å². The zero-order chi connectivity index (χ0) is 20.4. The minimum Gasteiger partial charge on any atom is -0.493 e. The number of methoxy groups -OCH3 is 1. The van der Waals surface area contributed by atoms with Gasteiger partial charge in [-0.1, -0.05) is 36.5 Å². The molecule has 8 heteroatoms. The lowest BCUT2D eigenvalue weighted by Gasteiger charge is -2.10. The molecule has 0 aliphatic rings. The molecule has 0 unspecified atom stereocenters. The zero-order valence-corrected chi connectivity index (χ0v) is 17.2. The Hall–Kier alpha value is -2.44. The molecule has 2 aromatic rings. The Kier molecular flexibility index (Phi) is 8.91. The first kappa shape index (κ1) is 21.9. The molecule has 28 heavy (non-hydrogen) atoms. The van der Waals surface area contributed by atoms with Gasteiger partial charge in [-0.3, -0.25) is 4.79 Å². The molecule has 0 bridgehead atoms. The highest BCUT2D eigenvalue weighted by molar-refractivity contribution is 6.35. The van der Waals surface area contributed by atoms with E-state index in [9.17, 15) is 4.79 Å². The van der Waals surface area contributed by atoms with Crippen LogP contribution in [0, 0.1) is 0 Å². The Bertz CT molecular complexity index is 828. The second-order valence-electron chi connectivity index (χ2n) is 5.77. The van der Waals surface area contributed by atoms with Gasteiger partial charge in [-0.2, -0.15) is 5.10 Å². The summed E-state index contributed by atoms with van der Waals surface area (Å²) in [6.07, 6.45) is 3.54. The number of ether oxygens (including phenoxy) is 3. The standard InChI is InChI=1S/C20H22Cl2N2O4/c1-3-4-9-27-18-7-5-14(10-19(18)26-2)12-23-24-20(25)13-28-17-8-6-15(21)11-16(17)22/h5-8,10-12H,3-4,9,13H2,1-2H3,(H,24,25)/b23-12+. The number of rotatable bonds is 10. The van der Waals surface area contributed by atoms with Crippen LogP contribution in [0.5, 0.6) is 17.2 Å². The van der Waals surface area contributed by atoms with Crippen molar-refractivity contribution in [1.29, 1.82) is 0 Å². The second-order valence-corrected chi connectivity index (χ2v) is 6.61.